The van der Waals surface area contributed by atoms with E-state index in [-0.39, 0.29) is 0 Å². The first-order valence-corrected chi connectivity index (χ1v) is 4.75. The molecule has 0 aromatic carbocycles. The Hall–Kier alpha value is -1.84. The minimum absolute atomic E-state index is 0.651. The quantitative estimate of drug-likeness (QED) is 0.748. The summed E-state index contributed by atoms with van der Waals surface area (Å²) in [6.45, 7) is 3.99. The van der Waals surface area contributed by atoms with Crippen LogP contribution in [0.4, 0.5) is 0 Å². The normalized spacial score (nSPS) is 10.3. The van der Waals surface area contributed by atoms with Crippen molar-refractivity contribution in [1.29, 1.82) is 0 Å². The second kappa shape index (κ2) is 3.73. The van der Waals surface area contributed by atoms with Gasteiger partial charge in [-0.2, -0.15) is 0 Å². The molecule has 2 aromatic heterocycles. The summed E-state index contributed by atoms with van der Waals surface area (Å²) in [5.74, 6) is 1.46. The molecule has 2 aromatic rings. The van der Waals surface area contributed by atoms with Crippen molar-refractivity contribution >= 4 is 0 Å². The molecule has 0 atom stereocenters. The van der Waals surface area contributed by atoms with Crippen molar-refractivity contribution in [3.63, 3.8) is 0 Å². The van der Waals surface area contributed by atoms with Crippen molar-refractivity contribution in [2.75, 3.05) is 7.11 Å². The highest BCUT2D eigenvalue weighted by atomic mass is 16.5. The summed E-state index contributed by atoms with van der Waals surface area (Å²) in [5.41, 5.74) is 2.09. The molecule has 0 unspecified atom stereocenters. The largest absolute Gasteiger partial charge is 0.480 e. The zero-order chi connectivity index (χ0) is 10.8. The number of methoxy groups -OCH3 is 1. The smallest absolute Gasteiger partial charge is 0.236 e. The van der Waals surface area contributed by atoms with Gasteiger partial charge in [-0.1, -0.05) is 6.07 Å². The maximum Gasteiger partial charge on any atom is 0.236 e. The molecule has 0 fully saturated rings. The maximum absolute atomic E-state index is 5.17. The van der Waals surface area contributed by atoms with Crippen molar-refractivity contribution in [3.05, 3.63) is 35.7 Å². The number of rotatable bonds is 2. The lowest BCUT2D eigenvalue weighted by Crippen LogP contribution is -2.01. The third-order valence-electron chi connectivity index (χ3n) is 2.43. The molecule has 0 N–H and O–H groups in total. The number of ether oxygens (including phenoxy) is 1. The van der Waals surface area contributed by atoms with Gasteiger partial charge in [0.1, 0.15) is 0 Å². The molecule has 0 amide bonds. The summed E-state index contributed by atoms with van der Waals surface area (Å²) in [4.78, 5) is 4.24. The highest BCUT2D eigenvalue weighted by Gasteiger charge is 2.12. The maximum atomic E-state index is 5.17. The first kappa shape index (κ1) is 9.71. The van der Waals surface area contributed by atoms with E-state index in [0.717, 1.165) is 17.1 Å². The Balaban J connectivity index is 2.55. The van der Waals surface area contributed by atoms with E-state index in [1.807, 2.05) is 32.0 Å². The Bertz CT molecular complexity index is 462. The minimum atomic E-state index is 0.651. The Labute approximate surface area is 88.5 Å². The van der Waals surface area contributed by atoms with Crippen LogP contribution in [0.3, 0.4) is 0 Å². The lowest BCUT2D eigenvalue weighted by Gasteiger charge is -2.01. The summed E-state index contributed by atoms with van der Waals surface area (Å²) in [5, 5.41) is 4.33. The lowest BCUT2D eigenvalue weighted by atomic mass is 10.3. The van der Waals surface area contributed by atoms with Crippen molar-refractivity contribution in [3.8, 4) is 11.7 Å². The number of nitrogens with zero attached hydrogens (tertiary/aromatic N) is 3. The summed E-state index contributed by atoms with van der Waals surface area (Å²) < 4.78 is 6.95. The predicted octanol–water partition coefficient (Wildman–Crippen LogP) is 1.89. The fraction of sp³-hybridized carbons (Fsp3) is 0.273. The average molecular weight is 203 g/mol. The standard InChI is InChI=1S/C11H13N3O/c1-8-9(2)14(13-11(8)15-3)10-6-4-5-7-12-10/h4-7H,1-3H3. The zero-order valence-corrected chi connectivity index (χ0v) is 9.06. The Kier molecular flexibility index (Phi) is 2.41. The Morgan fingerprint density at radius 2 is 2.07 bits per heavy atom. The summed E-state index contributed by atoms with van der Waals surface area (Å²) in [6.07, 6.45) is 1.75. The third-order valence-corrected chi connectivity index (χ3v) is 2.43. The average Bonchev–Trinajstić information content (AvgIpc) is 2.57. The molecule has 0 aliphatic rings. The van der Waals surface area contributed by atoms with Crippen LogP contribution >= 0.6 is 0 Å². The van der Waals surface area contributed by atoms with Gasteiger partial charge in [-0.3, -0.25) is 0 Å². The van der Waals surface area contributed by atoms with Crippen LogP contribution in [0.2, 0.25) is 0 Å². The molecule has 0 saturated heterocycles. The Morgan fingerprint density at radius 3 is 2.60 bits per heavy atom. The van der Waals surface area contributed by atoms with E-state index >= 15 is 0 Å². The van der Waals surface area contributed by atoms with Crippen LogP contribution in [0, 0.1) is 13.8 Å². The number of hydrogen-bond donors (Lipinski definition) is 0. The summed E-state index contributed by atoms with van der Waals surface area (Å²) >= 11 is 0. The molecule has 2 rings (SSSR count). The monoisotopic (exact) mass is 203 g/mol. The van der Waals surface area contributed by atoms with E-state index in [9.17, 15) is 0 Å². The van der Waals surface area contributed by atoms with Gasteiger partial charge in [-0.15, -0.1) is 5.10 Å². The van der Waals surface area contributed by atoms with E-state index in [0.29, 0.717) is 5.88 Å². The van der Waals surface area contributed by atoms with Crippen molar-refractivity contribution in [1.82, 2.24) is 14.8 Å². The molecule has 0 radical (unpaired) electrons. The second-order valence-corrected chi connectivity index (χ2v) is 3.32. The topological polar surface area (TPSA) is 39.9 Å². The number of hydrogen-bond acceptors (Lipinski definition) is 3. The van der Waals surface area contributed by atoms with E-state index < -0.39 is 0 Å². The van der Waals surface area contributed by atoms with Crippen LogP contribution in [0.5, 0.6) is 5.88 Å². The fourth-order valence-corrected chi connectivity index (χ4v) is 1.45. The molecule has 0 spiro atoms. The van der Waals surface area contributed by atoms with Gasteiger partial charge in [0.2, 0.25) is 5.88 Å². The third kappa shape index (κ3) is 1.58. The molecule has 2 heterocycles. The fourth-order valence-electron chi connectivity index (χ4n) is 1.45. The van der Waals surface area contributed by atoms with Gasteiger partial charge in [-0.25, -0.2) is 9.67 Å². The van der Waals surface area contributed by atoms with Gasteiger partial charge in [0.15, 0.2) is 5.82 Å². The first-order valence-electron chi connectivity index (χ1n) is 4.75. The van der Waals surface area contributed by atoms with Gasteiger partial charge in [-0.05, 0) is 26.0 Å². The lowest BCUT2D eigenvalue weighted by molar-refractivity contribution is 0.391. The Morgan fingerprint density at radius 1 is 1.27 bits per heavy atom. The molecule has 15 heavy (non-hydrogen) atoms. The molecular formula is C11H13N3O. The van der Waals surface area contributed by atoms with Crippen LogP contribution in [-0.2, 0) is 0 Å². The van der Waals surface area contributed by atoms with E-state index in [2.05, 4.69) is 10.1 Å². The molecule has 0 aliphatic carbocycles. The van der Waals surface area contributed by atoms with Crippen LogP contribution in [0.1, 0.15) is 11.3 Å². The van der Waals surface area contributed by atoms with Crippen LogP contribution in [0.25, 0.3) is 5.82 Å². The predicted molar refractivity (Wildman–Crippen MR) is 57.4 cm³/mol. The van der Waals surface area contributed by atoms with Gasteiger partial charge >= 0.3 is 0 Å². The van der Waals surface area contributed by atoms with Crippen molar-refractivity contribution in [2.45, 2.75) is 13.8 Å². The van der Waals surface area contributed by atoms with Gasteiger partial charge in [0, 0.05) is 17.5 Å². The second-order valence-electron chi connectivity index (χ2n) is 3.32. The summed E-state index contributed by atoms with van der Waals surface area (Å²) in [6, 6.07) is 5.73. The molecule has 4 nitrogen and oxygen atoms in total. The summed E-state index contributed by atoms with van der Waals surface area (Å²) in [7, 11) is 1.62. The van der Waals surface area contributed by atoms with E-state index in [1.165, 1.54) is 0 Å². The highest BCUT2D eigenvalue weighted by Crippen LogP contribution is 2.21. The van der Waals surface area contributed by atoms with Crippen LogP contribution in [-0.4, -0.2) is 21.9 Å². The van der Waals surface area contributed by atoms with Gasteiger partial charge < -0.3 is 4.74 Å². The number of pyridine rings is 1. The molecule has 0 saturated carbocycles. The molecular weight excluding hydrogens is 190 g/mol. The number of aromatic nitrogens is 3. The van der Waals surface area contributed by atoms with Gasteiger partial charge in [0.25, 0.3) is 0 Å². The molecule has 78 valence electrons. The molecule has 4 heteroatoms. The first-order chi connectivity index (χ1) is 7.24. The van der Waals surface area contributed by atoms with Gasteiger partial charge in [0.05, 0.1) is 7.11 Å². The van der Waals surface area contributed by atoms with Crippen molar-refractivity contribution < 1.29 is 4.74 Å². The van der Waals surface area contributed by atoms with Crippen LogP contribution in [0.15, 0.2) is 24.4 Å². The SMILES string of the molecule is COc1nn(-c2ccccn2)c(C)c1C. The highest BCUT2D eigenvalue weighted by molar-refractivity contribution is 5.34. The molecule has 0 bridgehead atoms. The van der Waals surface area contributed by atoms with Crippen molar-refractivity contribution in [2.24, 2.45) is 0 Å². The van der Waals surface area contributed by atoms with E-state index in [4.69, 9.17) is 4.74 Å². The minimum Gasteiger partial charge on any atom is -0.480 e. The zero-order valence-electron chi connectivity index (χ0n) is 9.06. The molecule has 0 aliphatic heterocycles. The van der Waals surface area contributed by atoms with Crippen LogP contribution < -0.4 is 4.74 Å². The van der Waals surface area contributed by atoms with E-state index in [1.54, 1.807) is 18.0 Å².